The van der Waals surface area contributed by atoms with Gasteiger partial charge in [0.05, 0.1) is 6.04 Å². The van der Waals surface area contributed by atoms with Crippen molar-refractivity contribution in [2.45, 2.75) is 46.6 Å². The molecule has 2 aromatic heterocycles. The third-order valence-electron chi connectivity index (χ3n) is 4.07. The lowest BCUT2D eigenvalue weighted by atomic mass is 10.1. The highest BCUT2D eigenvalue weighted by Gasteiger charge is 2.22. The second-order valence-corrected chi connectivity index (χ2v) is 7.51. The van der Waals surface area contributed by atoms with Crippen molar-refractivity contribution < 1.29 is 23.1 Å². The number of alkyl halides is 2. The van der Waals surface area contributed by atoms with Crippen molar-refractivity contribution in [3.8, 4) is 5.88 Å². The van der Waals surface area contributed by atoms with Gasteiger partial charge in [-0.15, -0.1) is 0 Å². The Hall–Kier alpha value is -3.10. The maximum Gasteiger partial charge on any atom is 0.278 e. The molecule has 0 aromatic carbocycles. The molecule has 0 radical (unpaired) electrons. The van der Waals surface area contributed by atoms with E-state index >= 15 is 0 Å². The summed E-state index contributed by atoms with van der Waals surface area (Å²) in [5.41, 5.74) is 1.62. The zero-order valence-corrected chi connectivity index (χ0v) is 17.6. The molecule has 2 N–H and O–H groups in total. The minimum Gasteiger partial charge on any atom is -0.471 e. The van der Waals surface area contributed by atoms with Crippen LogP contribution in [-0.4, -0.2) is 34.3 Å². The predicted molar refractivity (Wildman–Crippen MR) is 109 cm³/mol. The summed E-state index contributed by atoms with van der Waals surface area (Å²) in [7, 11) is 0. The van der Waals surface area contributed by atoms with E-state index in [1.807, 2.05) is 0 Å². The number of aryl methyl sites for hydroxylation is 1. The van der Waals surface area contributed by atoms with Crippen LogP contribution in [0.3, 0.4) is 0 Å². The Labute approximate surface area is 174 Å². The number of nitrogens with one attached hydrogen (secondary N) is 2. The Balaban J connectivity index is 2.04. The molecule has 9 heteroatoms. The summed E-state index contributed by atoms with van der Waals surface area (Å²) < 4.78 is 30.7. The summed E-state index contributed by atoms with van der Waals surface area (Å²) in [6.45, 7) is 7.03. The predicted octanol–water partition coefficient (Wildman–Crippen LogP) is 3.90. The van der Waals surface area contributed by atoms with Crippen LogP contribution >= 0.6 is 0 Å². The van der Waals surface area contributed by atoms with E-state index in [1.165, 1.54) is 18.3 Å². The standard InChI is InChI=1S/C21H26F2N4O3/c1-12(2)19(28)27-17-9-16(8-13(3)25-17)20(29)26-14(4)15-6-7-18(24-10-15)30-11-21(5,22)23/h6-10,12,14H,11H2,1-5H3,(H,26,29)(H,25,27,28). The van der Waals surface area contributed by atoms with Gasteiger partial charge in [0.1, 0.15) is 5.82 Å². The number of ether oxygens (including phenoxy) is 1. The minimum atomic E-state index is -2.95. The zero-order chi connectivity index (χ0) is 22.5. The molecule has 30 heavy (non-hydrogen) atoms. The van der Waals surface area contributed by atoms with Gasteiger partial charge in [-0.3, -0.25) is 9.59 Å². The van der Waals surface area contributed by atoms with Crippen LogP contribution in [0.4, 0.5) is 14.6 Å². The fraction of sp³-hybridized carbons (Fsp3) is 0.429. The fourth-order valence-electron chi connectivity index (χ4n) is 2.43. The smallest absolute Gasteiger partial charge is 0.278 e. The summed E-state index contributed by atoms with van der Waals surface area (Å²) >= 11 is 0. The molecule has 162 valence electrons. The number of hydrogen-bond acceptors (Lipinski definition) is 5. The molecule has 1 unspecified atom stereocenters. The van der Waals surface area contributed by atoms with E-state index in [0.717, 1.165) is 6.92 Å². The van der Waals surface area contributed by atoms with Gasteiger partial charge >= 0.3 is 0 Å². The van der Waals surface area contributed by atoms with Gasteiger partial charge in [0.2, 0.25) is 11.8 Å². The van der Waals surface area contributed by atoms with Crippen molar-refractivity contribution in [3.05, 3.63) is 47.3 Å². The molecule has 2 heterocycles. The normalized spacial score (nSPS) is 12.4. The quantitative estimate of drug-likeness (QED) is 0.676. The van der Waals surface area contributed by atoms with Gasteiger partial charge in [0.15, 0.2) is 6.61 Å². The number of nitrogens with zero attached hydrogens (tertiary/aromatic N) is 2. The summed E-state index contributed by atoms with van der Waals surface area (Å²) in [5, 5.41) is 5.52. The second-order valence-electron chi connectivity index (χ2n) is 7.51. The molecule has 0 fully saturated rings. The van der Waals surface area contributed by atoms with Crippen molar-refractivity contribution >= 4 is 17.6 Å². The van der Waals surface area contributed by atoms with Gasteiger partial charge < -0.3 is 15.4 Å². The van der Waals surface area contributed by atoms with E-state index in [2.05, 4.69) is 20.6 Å². The molecule has 0 bridgehead atoms. The van der Waals surface area contributed by atoms with E-state index in [0.29, 0.717) is 22.6 Å². The highest BCUT2D eigenvalue weighted by Crippen LogP contribution is 2.19. The average molecular weight is 420 g/mol. The van der Waals surface area contributed by atoms with E-state index in [-0.39, 0.29) is 23.6 Å². The topological polar surface area (TPSA) is 93.2 Å². The number of hydrogen-bond donors (Lipinski definition) is 2. The lowest BCUT2D eigenvalue weighted by Gasteiger charge is -2.16. The lowest BCUT2D eigenvalue weighted by molar-refractivity contribution is -0.118. The van der Waals surface area contributed by atoms with Crippen LogP contribution in [0.15, 0.2) is 30.5 Å². The first kappa shape index (κ1) is 23.2. The molecule has 7 nitrogen and oxygen atoms in total. The first-order valence-electron chi connectivity index (χ1n) is 9.51. The summed E-state index contributed by atoms with van der Waals surface area (Å²) in [6, 6.07) is 5.85. The minimum absolute atomic E-state index is 0.0779. The van der Waals surface area contributed by atoms with Crippen molar-refractivity contribution in [2.75, 3.05) is 11.9 Å². The molecule has 0 saturated heterocycles. The van der Waals surface area contributed by atoms with E-state index in [1.54, 1.807) is 39.8 Å². The third kappa shape index (κ3) is 7.06. The number of carbonyl (C=O) groups is 2. The van der Waals surface area contributed by atoms with Gasteiger partial charge in [0, 0.05) is 36.4 Å². The van der Waals surface area contributed by atoms with E-state index < -0.39 is 18.6 Å². The highest BCUT2D eigenvalue weighted by molar-refractivity contribution is 5.97. The Bertz CT molecular complexity index is 896. The largest absolute Gasteiger partial charge is 0.471 e. The van der Waals surface area contributed by atoms with Crippen LogP contribution in [0.1, 0.15) is 55.4 Å². The maximum absolute atomic E-state index is 12.9. The number of amides is 2. The van der Waals surface area contributed by atoms with Gasteiger partial charge in [-0.2, -0.15) is 0 Å². The van der Waals surface area contributed by atoms with Gasteiger partial charge in [-0.05, 0) is 31.5 Å². The monoisotopic (exact) mass is 420 g/mol. The number of rotatable bonds is 8. The van der Waals surface area contributed by atoms with Gasteiger partial charge in [-0.1, -0.05) is 19.9 Å². The van der Waals surface area contributed by atoms with Crippen molar-refractivity contribution in [2.24, 2.45) is 5.92 Å². The van der Waals surface area contributed by atoms with Crippen LogP contribution < -0.4 is 15.4 Å². The molecule has 2 amide bonds. The van der Waals surface area contributed by atoms with Crippen LogP contribution in [0, 0.1) is 12.8 Å². The van der Waals surface area contributed by atoms with E-state index in [9.17, 15) is 18.4 Å². The van der Waals surface area contributed by atoms with Crippen molar-refractivity contribution in [1.82, 2.24) is 15.3 Å². The Morgan fingerprint density at radius 1 is 1.20 bits per heavy atom. The van der Waals surface area contributed by atoms with Crippen LogP contribution in [0.5, 0.6) is 5.88 Å². The summed E-state index contributed by atoms with van der Waals surface area (Å²) in [6.07, 6.45) is 1.46. The van der Waals surface area contributed by atoms with Gasteiger partial charge in [-0.25, -0.2) is 18.7 Å². The molecule has 0 saturated carbocycles. The molecule has 0 spiro atoms. The number of aromatic nitrogens is 2. The molecule has 0 aliphatic carbocycles. The number of pyridine rings is 2. The molecule has 2 aromatic rings. The molecular formula is C21H26F2N4O3. The fourth-order valence-corrected chi connectivity index (χ4v) is 2.43. The Morgan fingerprint density at radius 3 is 2.47 bits per heavy atom. The van der Waals surface area contributed by atoms with Crippen LogP contribution in [0.25, 0.3) is 0 Å². The zero-order valence-electron chi connectivity index (χ0n) is 17.6. The van der Waals surface area contributed by atoms with Gasteiger partial charge in [0.25, 0.3) is 11.8 Å². The van der Waals surface area contributed by atoms with Crippen LogP contribution in [0.2, 0.25) is 0 Å². The molecule has 1 atom stereocenters. The molecule has 0 aliphatic rings. The third-order valence-corrected chi connectivity index (χ3v) is 4.07. The van der Waals surface area contributed by atoms with E-state index in [4.69, 9.17) is 4.74 Å². The molecule has 2 rings (SSSR count). The SMILES string of the molecule is Cc1cc(C(=O)NC(C)c2ccc(OCC(C)(F)F)nc2)cc(NC(=O)C(C)C)n1. The maximum atomic E-state index is 12.9. The molecular weight excluding hydrogens is 394 g/mol. The summed E-state index contributed by atoms with van der Waals surface area (Å²) in [5.74, 6) is -3.32. The van der Waals surface area contributed by atoms with Crippen LogP contribution in [-0.2, 0) is 4.79 Å². The molecule has 0 aliphatic heterocycles. The average Bonchev–Trinajstić information content (AvgIpc) is 2.65. The van der Waals surface area contributed by atoms with Crippen molar-refractivity contribution in [3.63, 3.8) is 0 Å². The lowest BCUT2D eigenvalue weighted by Crippen LogP contribution is -2.27. The number of halogens is 2. The Morgan fingerprint density at radius 2 is 1.90 bits per heavy atom. The first-order chi connectivity index (χ1) is 13.9. The Kier molecular flexibility index (Phi) is 7.42. The summed E-state index contributed by atoms with van der Waals surface area (Å²) in [4.78, 5) is 32.8. The second kappa shape index (κ2) is 9.60. The van der Waals surface area contributed by atoms with Crippen molar-refractivity contribution in [1.29, 1.82) is 0 Å². The number of anilines is 1. The first-order valence-corrected chi connectivity index (χ1v) is 9.51. The highest BCUT2D eigenvalue weighted by atomic mass is 19.3. The number of carbonyl (C=O) groups excluding carboxylic acids is 2.